The number of alkyl halides is 2. The molecule has 1 fully saturated rings. The lowest BCUT2D eigenvalue weighted by Crippen LogP contribution is -2.38. The molecule has 1 saturated carbocycles. The molecule has 0 amide bonds. The summed E-state index contributed by atoms with van der Waals surface area (Å²) < 4.78 is 68.7. The number of halogens is 5. The lowest BCUT2D eigenvalue weighted by molar-refractivity contribution is 0.00118. The van der Waals surface area contributed by atoms with E-state index in [4.69, 9.17) is 0 Å². The zero-order valence-corrected chi connectivity index (χ0v) is 17.3. The first-order valence-corrected chi connectivity index (χ1v) is 11.5. The third kappa shape index (κ3) is 5.14. The Hall–Kier alpha value is -1.56. The second kappa shape index (κ2) is 9.07. The minimum atomic E-state index is -5.36. The Labute approximate surface area is 171 Å². The van der Waals surface area contributed by atoms with Gasteiger partial charge in [0.05, 0.1) is 4.90 Å². The van der Waals surface area contributed by atoms with E-state index in [1.54, 1.807) is 0 Å². The van der Waals surface area contributed by atoms with Gasteiger partial charge in [0.15, 0.2) is 5.67 Å². The van der Waals surface area contributed by atoms with Gasteiger partial charge in [-0.2, -0.15) is 0 Å². The summed E-state index contributed by atoms with van der Waals surface area (Å²) in [6.45, 7) is 2.16. The van der Waals surface area contributed by atoms with E-state index in [2.05, 4.69) is 19.1 Å². The molecule has 0 radical (unpaired) electrons. The topological polar surface area (TPSA) is 0 Å². The smallest absolute Gasteiger partial charge is 0.237 e. The Morgan fingerprint density at radius 2 is 1.62 bits per heavy atom. The van der Waals surface area contributed by atoms with E-state index >= 15 is 4.39 Å². The van der Waals surface area contributed by atoms with E-state index in [0.29, 0.717) is 6.42 Å². The zero-order valence-electron chi connectivity index (χ0n) is 16.5. The molecule has 0 aromatic heterocycles. The third-order valence-corrected chi connectivity index (χ3v) is 6.77. The molecule has 160 valence electrons. The molecule has 0 saturated heterocycles. The van der Waals surface area contributed by atoms with Crippen LogP contribution in [0, 0.1) is 0 Å². The molecule has 2 aromatic rings. The molecule has 0 nitrogen and oxygen atoms in total. The van der Waals surface area contributed by atoms with Gasteiger partial charge in [-0.15, -0.1) is 11.7 Å². The molecule has 1 aliphatic rings. The summed E-state index contributed by atoms with van der Waals surface area (Å²) in [6, 6.07) is 12.0. The Balaban J connectivity index is 1.66. The molecule has 3 unspecified atom stereocenters. The number of unbranched alkanes of at least 4 members (excludes halogenated alkanes) is 2. The van der Waals surface area contributed by atoms with E-state index in [-0.39, 0.29) is 24.3 Å². The Kier molecular flexibility index (Phi) is 6.92. The summed E-state index contributed by atoms with van der Waals surface area (Å²) >= 11 is -5.36. The van der Waals surface area contributed by atoms with Crippen molar-refractivity contribution < 1.29 is 20.4 Å². The van der Waals surface area contributed by atoms with Crippen LogP contribution in [0.1, 0.15) is 68.1 Å². The fourth-order valence-corrected chi connectivity index (χ4v) is 4.59. The monoisotopic (exact) mass is 430 g/mol. The maximum atomic E-state index is 15.4. The van der Waals surface area contributed by atoms with Crippen molar-refractivity contribution in [3.63, 3.8) is 0 Å². The summed E-state index contributed by atoms with van der Waals surface area (Å²) in [5.41, 5.74) is 0.0318. The van der Waals surface area contributed by atoms with E-state index in [1.807, 2.05) is 12.1 Å². The van der Waals surface area contributed by atoms with Crippen molar-refractivity contribution in [2.75, 3.05) is 0 Å². The molecule has 29 heavy (non-hydrogen) atoms. The molecule has 3 rings (SSSR count). The summed E-state index contributed by atoms with van der Waals surface area (Å²) in [5, 5.41) is 0. The van der Waals surface area contributed by atoms with E-state index in [9.17, 15) is 16.0 Å². The SMILES string of the molecule is CCCCCc1ccc(C2CCC(F)(c3ccc(S(F)(F)F)cc3)C(F)C2)cc1. The highest BCUT2D eigenvalue weighted by molar-refractivity contribution is 8.20. The fraction of sp³-hybridized carbons (Fsp3) is 0.478. The molecule has 0 N–H and O–H groups in total. The van der Waals surface area contributed by atoms with Crippen LogP contribution in [0.25, 0.3) is 0 Å². The fourth-order valence-electron chi connectivity index (χ4n) is 4.15. The normalized spacial score (nSPS) is 25.7. The molecule has 0 spiro atoms. The van der Waals surface area contributed by atoms with E-state index < -0.39 is 27.9 Å². The first-order valence-electron chi connectivity index (χ1n) is 10.2. The van der Waals surface area contributed by atoms with Crippen molar-refractivity contribution >= 4 is 11.2 Å². The van der Waals surface area contributed by atoms with Crippen molar-refractivity contribution in [1.29, 1.82) is 0 Å². The predicted octanol–water partition coefficient (Wildman–Crippen LogP) is 8.71. The highest BCUT2D eigenvalue weighted by Crippen LogP contribution is 2.60. The molecular formula is C23H27F5S. The van der Waals surface area contributed by atoms with Crippen LogP contribution in [0.5, 0.6) is 0 Å². The lowest BCUT2D eigenvalue weighted by atomic mass is 9.73. The second-order valence-electron chi connectivity index (χ2n) is 7.93. The van der Waals surface area contributed by atoms with Gasteiger partial charge < -0.3 is 0 Å². The summed E-state index contributed by atoms with van der Waals surface area (Å²) in [4.78, 5) is -0.770. The Morgan fingerprint density at radius 3 is 2.17 bits per heavy atom. The number of hydrogen-bond donors (Lipinski definition) is 0. The highest BCUT2D eigenvalue weighted by atomic mass is 32.3. The molecule has 0 bridgehead atoms. The standard InChI is InChI=1S/C23H27F5S/c1-2-3-4-5-17-6-8-18(9-7-17)19-14-15-23(25,22(24)16-19)20-10-12-21(13-11-20)29(26,27)28/h6-13,19,22H,2-5,14-16H2,1H3. The van der Waals surface area contributed by atoms with E-state index in [1.165, 1.54) is 18.4 Å². The predicted molar refractivity (Wildman–Crippen MR) is 110 cm³/mol. The first-order chi connectivity index (χ1) is 13.7. The first kappa shape index (κ1) is 22.1. The van der Waals surface area contributed by atoms with Crippen LogP contribution in [0.4, 0.5) is 20.4 Å². The van der Waals surface area contributed by atoms with E-state index in [0.717, 1.165) is 42.7 Å². The maximum absolute atomic E-state index is 15.4. The number of benzene rings is 2. The van der Waals surface area contributed by atoms with Gasteiger partial charge in [0.25, 0.3) is 0 Å². The summed E-state index contributed by atoms with van der Waals surface area (Å²) in [5.74, 6) is -0.0718. The number of hydrogen-bond acceptors (Lipinski definition) is 0. The molecule has 6 heteroatoms. The minimum absolute atomic E-state index is 0.00196. The Morgan fingerprint density at radius 1 is 0.966 bits per heavy atom. The van der Waals surface area contributed by atoms with Gasteiger partial charge in [0, 0.05) is 0 Å². The number of rotatable bonds is 7. The maximum Gasteiger partial charge on any atom is 0.237 e. The minimum Gasteiger partial charge on any atom is -0.244 e. The van der Waals surface area contributed by atoms with Crippen LogP contribution in [-0.4, -0.2) is 6.17 Å². The molecule has 3 atom stereocenters. The van der Waals surface area contributed by atoms with Gasteiger partial charge in [-0.05, 0) is 66.8 Å². The van der Waals surface area contributed by atoms with Crippen molar-refractivity contribution in [3.05, 3.63) is 65.2 Å². The quantitative estimate of drug-likeness (QED) is 0.304. The average molecular weight is 431 g/mol. The second-order valence-corrected chi connectivity index (χ2v) is 9.22. The average Bonchev–Trinajstić information content (AvgIpc) is 2.70. The van der Waals surface area contributed by atoms with Gasteiger partial charge >= 0.3 is 0 Å². The molecular weight excluding hydrogens is 403 g/mol. The van der Waals surface area contributed by atoms with Crippen molar-refractivity contribution in [3.8, 4) is 0 Å². The van der Waals surface area contributed by atoms with Crippen molar-refractivity contribution in [2.45, 2.75) is 74.5 Å². The number of aryl methyl sites for hydroxylation is 1. The van der Waals surface area contributed by atoms with Crippen LogP contribution in [0.2, 0.25) is 0 Å². The van der Waals surface area contributed by atoms with Crippen LogP contribution < -0.4 is 0 Å². The molecule has 0 aliphatic heterocycles. The van der Waals surface area contributed by atoms with Crippen molar-refractivity contribution in [1.82, 2.24) is 0 Å². The van der Waals surface area contributed by atoms with Gasteiger partial charge in [-0.25, -0.2) is 8.78 Å². The van der Waals surface area contributed by atoms with Crippen LogP contribution >= 0.6 is 11.2 Å². The van der Waals surface area contributed by atoms with Crippen molar-refractivity contribution in [2.24, 2.45) is 0 Å². The Bertz CT molecular complexity index is 784. The molecule has 1 aliphatic carbocycles. The largest absolute Gasteiger partial charge is 0.244 e. The van der Waals surface area contributed by atoms with Crippen LogP contribution in [-0.2, 0) is 12.1 Å². The van der Waals surface area contributed by atoms with Crippen LogP contribution in [0.3, 0.4) is 0 Å². The van der Waals surface area contributed by atoms with Crippen LogP contribution in [0.15, 0.2) is 53.4 Å². The zero-order chi connectivity index (χ0) is 21.1. The molecule has 0 heterocycles. The van der Waals surface area contributed by atoms with Gasteiger partial charge in [-0.1, -0.05) is 56.2 Å². The summed E-state index contributed by atoms with van der Waals surface area (Å²) in [7, 11) is 0. The lowest BCUT2D eigenvalue weighted by Gasteiger charge is -2.37. The van der Waals surface area contributed by atoms with Gasteiger partial charge in [-0.3, -0.25) is 0 Å². The summed E-state index contributed by atoms with van der Waals surface area (Å²) in [6.07, 6.45) is 3.26. The third-order valence-electron chi connectivity index (χ3n) is 5.97. The van der Waals surface area contributed by atoms with Gasteiger partial charge in [0.1, 0.15) is 6.17 Å². The highest BCUT2D eigenvalue weighted by Gasteiger charge is 2.46. The molecule has 2 aromatic carbocycles. The van der Waals surface area contributed by atoms with Gasteiger partial charge in [0.2, 0.25) is 11.2 Å².